The summed E-state index contributed by atoms with van der Waals surface area (Å²) in [6, 6.07) is 7.59. The van der Waals surface area contributed by atoms with Gasteiger partial charge in [0.25, 0.3) is 0 Å². The summed E-state index contributed by atoms with van der Waals surface area (Å²) < 4.78 is 0. The van der Waals surface area contributed by atoms with Crippen LogP contribution in [0.4, 0.5) is 0 Å². The average molecular weight is 310 g/mol. The minimum absolute atomic E-state index is 0.0266. The van der Waals surface area contributed by atoms with Gasteiger partial charge in [0.2, 0.25) is 5.91 Å². The molecule has 0 radical (unpaired) electrons. The molecule has 1 saturated carbocycles. The molecule has 0 atom stereocenters. The molecule has 2 N–H and O–H groups in total. The van der Waals surface area contributed by atoms with Crippen LogP contribution in [-0.4, -0.2) is 23.5 Å². The number of nitrogens with one attached hydrogen (secondary N) is 1. The van der Waals surface area contributed by atoms with Crippen molar-refractivity contribution in [2.45, 2.75) is 38.5 Å². The van der Waals surface area contributed by atoms with Gasteiger partial charge in [0.1, 0.15) is 0 Å². The van der Waals surface area contributed by atoms with Gasteiger partial charge in [0, 0.05) is 11.6 Å². The van der Waals surface area contributed by atoms with E-state index in [0.717, 1.165) is 31.2 Å². The lowest BCUT2D eigenvalue weighted by molar-refractivity contribution is -0.137. The third-order valence-electron chi connectivity index (χ3n) is 4.10. The molecule has 5 heteroatoms. The van der Waals surface area contributed by atoms with Gasteiger partial charge in [-0.25, -0.2) is 0 Å². The van der Waals surface area contributed by atoms with Crippen molar-refractivity contribution in [3.05, 3.63) is 34.9 Å². The summed E-state index contributed by atoms with van der Waals surface area (Å²) in [5.41, 5.74) is 0.640. The summed E-state index contributed by atoms with van der Waals surface area (Å²) in [6.07, 6.45) is 4.38. The van der Waals surface area contributed by atoms with Crippen molar-refractivity contribution in [3.8, 4) is 0 Å². The van der Waals surface area contributed by atoms with Crippen LogP contribution in [0.1, 0.15) is 37.7 Å². The molecule has 1 amide bonds. The van der Waals surface area contributed by atoms with Crippen LogP contribution < -0.4 is 5.32 Å². The largest absolute Gasteiger partial charge is 0.481 e. The summed E-state index contributed by atoms with van der Waals surface area (Å²) >= 11 is 6.01. The Hall–Kier alpha value is -1.55. The van der Waals surface area contributed by atoms with Gasteiger partial charge in [-0.05, 0) is 37.0 Å². The Morgan fingerprint density at radius 2 is 2.00 bits per heavy atom. The van der Waals surface area contributed by atoms with E-state index in [-0.39, 0.29) is 18.9 Å². The molecule has 0 bridgehead atoms. The van der Waals surface area contributed by atoms with E-state index in [1.54, 1.807) is 0 Å². The first-order valence-corrected chi connectivity index (χ1v) is 7.64. The van der Waals surface area contributed by atoms with E-state index in [9.17, 15) is 9.59 Å². The molecule has 21 heavy (non-hydrogen) atoms. The normalized spacial score (nSPS) is 16.6. The van der Waals surface area contributed by atoms with E-state index < -0.39 is 11.4 Å². The molecule has 0 saturated heterocycles. The van der Waals surface area contributed by atoms with Crippen LogP contribution in [0, 0.1) is 5.41 Å². The minimum atomic E-state index is -0.898. The number of hydrogen-bond donors (Lipinski definition) is 2. The van der Waals surface area contributed by atoms with Crippen LogP contribution in [0.5, 0.6) is 0 Å². The fraction of sp³-hybridized carbons (Fsp3) is 0.500. The lowest BCUT2D eigenvalue weighted by Gasteiger charge is -2.28. The van der Waals surface area contributed by atoms with Crippen molar-refractivity contribution >= 4 is 23.5 Å². The SMILES string of the molecule is O=C(O)CCNC(=O)C1(Cc2cccc(Cl)c2)CCCC1. The number of carboxylic acid groups (broad SMARTS) is 1. The van der Waals surface area contributed by atoms with Gasteiger partial charge in [-0.1, -0.05) is 36.6 Å². The van der Waals surface area contributed by atoms with Crippen molar-refractivity contribution in [3.63, 3.8) is 0 Å². The molecule has 0 spiro atoms. The van der Waals surface area contributed by atoms with E-state index in [0.29, 0.717) is 11.4 Å². The number of rotatable bonds is 6. The lowest BCUT2D eigenvalue weighted by Crippen LogP contribution is -2.41. The van der Waals surface area contributed by atoms with E-state index in [2.05, 4.69) is 5.32 Å². The van der Waals surface area contributed by atoms with E-state index in [4.69, 9.17) is 16.7 Å². The van der Waals surface area contributed by atoms with E-state index >= 15 is 0 Å². The first-order chi connectivity index (χ1) is 10.0. The highest BCUT2D eigenvalue weighted by Gasteiger charge is 2.40. The molecule has 1 aliphatic rings. The van der Waals surface area contributed by atoms with Crippen LogP contribution in [-0.2, 0) is 16.0 Å². The summed E-state index contributed by atoms with van der Waals surface area (Å²) in [5, 5.41) is 12.1. The Bertz CT molecular complexity index is 524. The quantitative estimate of drug-likeness (QED) is 0.849. The zero-order valence-corrected chi connectivity index (χ0v) is 12.7. The number of carboxylic acids is 1. The van der Waals surface area contributed by atoms with Gasteiger partial charge >= 0.3 is 5.97 Å². The Morgan fingerprint density at radius 3 is 2.62 bits per heavy atom. The second-order valence-corrected chi connectivity index (χ2v) is 6.13. The zero-order chi connectivity index (χ0) is 15.3. The molecule has 1 aromatic carbocycles. The smallest absolute Gasteiger partial charge is 0.305 e. The number of hydrogen-bond acceptors (Lipinski definition) is 2. The fourth-order valence-corrected chi connectivity index (χ4v) is 3.26. The molecule has 1 fully saturated rings. The second-order valence-electron chi connectivity index (χ2n) is 5.69. The Balaban J connectivity index is 2.05. The van der Waals surface area contributed by atoms with E-state index in [1.807, 2.05) is 24.3 Å². The van der Waals surface area contributed by atoms with Gasteiger partial charge in [0.05, 0.1) is 11.8 Å². The van der Waals surface area contributed by atoms with Crippen LogP contribution in [0.25, 0.3) is 0 Å². The highest BCUT2D eigenvalue weighted by atomic mass is 35.5. The second kappa shape index (κ2) is 6.94. The summed E-state index contributed by atoms with van der Waals surface area (Å²) in [4.78, 5) is 23.0. The minimum Gasteiger partial charge on any atom is -0.481 e. The maximum Gasteiger partial charge on any atom is 0.305 e. The third-order valence-corrected chi connectivity index (χ3v) is 4.33. The van der Waals surface area contributed by atoms with Crippen LogP contribution in [0.3, 0.4) is 0 Å². The third kappa shape index (κ3) is 4.21. The summed E-state index contributed by atoms with van der Waals surface area (Å²) in [7, 11) is 0. The van der Waals surface area contributed by atoms with Crippen molar-refractivity contribution in [2.24, 2.45) is 5.41 Å². The Labute approximate surface area is 129 Å². The molecule has 0 aromatic heterocycles. The predicted octanol–water partition coefficient (Wildman–Crippen LogP) is 3.03. The highest BCUT2D eigenvalue weighted by Crippen LogP contribution is 2.41. The van der Waals surface area contributed by atoms with Gasteiger partial charge in [-0.2, -0.15) is 0 Å². The van der Waals surface area contributed by atoms with Crippen molar-refractivity contribution < 1.29 is 14.7 Å². The number of aliphatic carboxylic acids is 1. The fourth-order valence-electron chi connectivity index (χ4n) is 3.04. The molecule has 0 aliphatic heterocycles. The maximum atomic E-state index is 12.5. The highest BCUT2D eigenvalue weighted by molar-refractivity contribution is 6.30. The van der Waals surface area contributed by atoms with Gasteiger partial charge in [-0.3, -0.25) is 9.59 Å². The molecule has 0 heterocycles. The van der Waals surface area contributed by atoms with Gasteiger partial charge in [0.15, 0.2) is 0 Å². The van der Waals surface area contributed by atoms with Crippen molar-refractivity contribution in [2.75, 3.05) is 6.54 Å². The van der Waals surface area contributed by atoms with Gasteiger partial charge < -0.3 is 10.4 Å². The summed E-state index contributed by atoms with van der Waals surface area (Å²) in [6.45, 7) is 0.186. The number of carbonyl (C=O) groups excluding carboxylic acids is 1. The molecule has 2 rings (SSSR count). The first-order valence-electron chi connectivity index (χ1n) is 7.26. The van der Waals surface area contributed by atoms with Crippen molar-refractivity contribution in [1.82, 2.24) is 5.32 Å². The number of halogens is 1. The summed E-state index contributed by atoms with van der Waals surface area (Å²) in [5.74, 6) is -0.924. The molecular weight excluding hydrogens is 290 g/mol. The van der Waals surface area contributed by atoms with Crippen molar-refractivity contribution in [1.29, 1.82) is 0 Å². The van der Waals surface area contributed by atoms with Gasteiger partial charge in [-0.15, -0.1) is 0 Å². The molecular formula is C16H20ClNO3. The maximum absolute atomic E-state index is 12.5. The molecule has 1 aliphatic carbocycles. The monoisotopic (exact) mass is 309 g/mol. The first kappa shape index (κ1) is 15.8. The predicted molar refractivity (Wildman–Crippen MR) is 81.3 cm³/mol. The molecule has 0 unspecified atom stereocenters. The zero-order valence-electron chi connectivity index (χ0n) is 11.9. The Kier molecular flexibility index (Phi) is 5.23. The molecule has 114 valence electrons. The number of amides is 1. The molecule has 4 nitrogen and oxygen atoms in total. The standard InChI is InChI=1S/C16H20ClNO3/c17-13-5-3-4-12(10-13)11-16(7-1-2-8-16)15(21)18-9-6-14(19)20/h3-5,10H,1-2,6-9,11H2,(H,18,21)(H,19,20). The number of benzene rings is 1. The van der Waals surface area contributed by atoms with E-state index in [1.165, 1.54) is 0 Å². The average Bonchev–Trinajstić information content (AvgIpc) is 2.88. The Morgan fingerprint density at radius 1 is 1.29 bits per heavy atom. The van der Waals surface area contributed by atoms with Crippen LogP contribution in [0.2, 0.25) is 5.02 Å². The van der Waals surface area contributed by atoms with Crippen LogP contribution >= 0.6 is 11.6 Å². The lowest BCUT2D eigenvalue weighted by atomic mass is 9.79. The molecule has 1 aromatic rings. The topological polar surface area (TPSA) is 66.4 Å². The van der Waals surface area contributed by atoms with Crippen LogP contribution in [0.15, 0.2) is 24.3 Å². The number of carbonyl (C=O) groups is 2.